The minimum Gasteiger partial charge on any atom is -0.496 e. The fraction of sp³-hybridized carbons (Fsp3) is 0.267. The molecular formula is C15H16O5S. The molecule has 21 heavy (non-hydrogen) atoms. The van der Waals surface area contributed by atoms with Crippen molar-refractivity contribution in [3.63, 3.8) is 0 Å². The molecule has 0 saturated heterocycles. The summed E-state index contributed by atoms with van der Waals surface area (Å²) in [6.45, 7) is 0. The van der Waals surface area contributed by atoms with Crippen molar-refractivity contribution in [2.24, 2.45) is 0 Å². The Hall–Kier alpha value is -2.21. The predicted molar refractivity (Wildman–Crippen MR) is 80.4 cm³/mol. The first-order valence-electron chi connectivity index (χ1n) is 6.12. The highest BCUT2D eigenvalue weighted by atomic mass is 32.1. The average molecular weight is 308 g/mol. The Labute approximate surface area is 127 Å². The van der Waals surface area contributed by atoms with Crippen LogP contribution in [0.2, 0.25) is 0 Å². The Morgan fingerprint density at radius 2 is 1.43 bits per heavy atom. The van der Waals surface area contributed by atoms with Crippen molar-refractivity contribution in [3.05, 3.63) is 34.0 Å². The van der Waals surface area contributed by atoms with Crippen molar-refractivity contribution in [3.8, 4) is 23.0 Å². The van der Waals surface area contributed by atoms with E-state index in [1.165, 1.54) is 39.8 Å². The lowest BCUT2D eigenvalue weighted by atomic mass is 10.1. The SMILES string of the molecule is COc1cc(OC)c(C(=O)c2sccc2OC)cc1OC. The lowest BCUT2D eigenvalue weighted by Crippen LogP contribution is -2.05. The normalized spacial score (nSPS) is 10.1. The van der Waals surface area contributed by atoms with Crippen LogP contribution in [0.3, 0.4) is 0 Å². The molecule has 0 spiro atoms. The molecule has 0 saturated carbocycles. The lowest BCUT2D eigenvalue weighted by molar-refractivity contribution is 0.103. The van der Waals surface area contributed by atoms with Gasteiger partial charge in [0.1, 0.15) is 16.4 Å². The van der Waals surface area contributed by atoms with Crippen LogP contribution in [0.4, 0.5) is 0 Å². The molecule has 0 bridgehead atoms. The van der Waals surface area contributed by atoms with Crippen molar-refractivity contribution in [2.45, 2.75) is 0 Å². The first kappa shape index (κ1) is 15.2. The summed E-state index contributed by atoms with van der Waals surface area (Å²) < 4.78 is 20.9. The van der Waals surface area contributed by atoms with Crippen molar-refractivity contribution in [2.75, 3.05) is 28.4 Å². The largest absolute Gasteiger partial charge is 0.496 e. The molecule has 0 radical (unpaired) electrons. The number of ketones is 1. The summed E-state index contributed by atoms with van der Waals surface area (Å²) in [7, 11) is 6.08. The van der Waals surface area contributed by atoms with Gasteiger partial charge in [0.2, 0.25) is 5.78 Å². The zero-order chi connectivity index (χ0) is 15.4. The summed E-state index contributed by atoms with van der Waals surface area (Å²) in [6.07, 6.45) is 0. The van der Waals surface area contributed by atoms with Crippen LogP contribution in [0.25, 0.3) is 0 Å². The molecule has 0 unspecified atom stereocenters. The molecule has 6 heteroatoms. The Morgan fingerprint density at radius 3 is 2.00 bits per heavy atom. The maximum absolute atomic E-state index is 12.7. The number of hydrogen-bond donors (Lipinski definition) is 0. The van der Waals surface area contributed by atoms with E-state index in [2.05, 4.69) is 0 Å². The molecule has 0 N–H and O–H groups in total. The second-order valence-electron chi connectivity index (χ2n) is 4.05. The molecule has 5 nitrogen and oxygen atoms in total. The summed E-state index contributed by atoms with van der Waals surface area (Å²) in [5.41, 5.74) is 0.399. The minimum absolute atomic E-state index is 0.181. The zero-order valence-corrected chi connectivity index (χ0v) is 13.1. The first-order valence-corrected chi connectivity index (χ1v) is 7.00. The molecule has 1 aromatic carbocycles. The van der Waals surface area contributed by atoms with E-state index in [9.17, 15) is 4.79 Å². The van der Waals surface area contributed by atoms with Crippen molar-refractivity contribution in [1.29, 1.82) is 0 Å². The number of rotatable bonds is 6. The topological polar surface area (TPSA) is 54.0 Å². The standard InChI is InChI=1S/C15H16O5S/c1-17-10-5-6-21-15(10)14(16)9-7-12(19-3)13(20-4)8-11(9)18-2/h5-8H,1-4H3. The summed E-state index contributed by atoms with van der Waals surface area (Å²) in [6, 6.07) is 5.00. The highest BCUT2D eigenvalue weighted by Crippen LogP contribution is 2.37. The third kappa shape index (κ3) is 2.80. The van der Waals surface area contributed by atoms with Crippen molar-refractivity contribution >= 4 is 17.1 Å². The first-order chi connectivity index (χ1) is 10.2. The highest BCUT2D eigenvalue weighted by molar-refractivity contribution is 7.12. The molecule has 0 amide bonds. The average Bonchev–Trinajstić information content (AvgIpc) is 3.01. The fourth-order valence-electron chi connectivity index (χ4n) is 1.95. The number of ether oxygens (including phenoxy) is 4. The number of hydrogen-bond acceptors (Lipinski definition) is 6. The second kappa shape index (κ2) is 6.49. The third-order valence-corrected chi connectivity index (χ3v) is 3.90. The fourth-order valence-corrected chi connectivity index (χ4v) is 2.76. The van der Waals surface area contributed by atoms with Crippen LogP contribution < -0.4 is 18.9 Å². The van der Waals surface area contributed by atoms with Gasteiger partial charge in [-0.15, -0.1) is 11.3 Å². The monoisotopic (exact) mass is 308 g/mol. The molecule has 112 valence electrons. The van der Waals surface area contributed by atoms with Crippen LogP contribution in [0, 0.1) is 0 Å². The Kier molecular flexibility index (Phi) is 4.70. The van der Waals surface area contributed by atoms with E-state index in [0.717, 1.165) is 0 Å². The molecule has 2 aromatic rings. The Morgan fingerprint density at radius 1 is 0.857 bits per heavy atom. The van der Waals surface area contributed by atoms with Crippen molar-refractivity contribution in [1.82, 2.24) is 0 Å². The van der Waals surface area contributed by atoms with Crippen LogP contribution in [-0.4, -0.2) is 34.2 Å². The van der Waals surface area contributed by atoms with E-state index in [-0.39, 0.29) is 5.78 Å². The summed E-state index contributed by atoms with van der Waals surface area (Å²) in [5, 5.41) is 1.80. The van der Waals surface area contributed by atoms with E-state index in [1.807, 2.05) is 0 Å². The van der Waals surface area contributed by atoms with Gasteiger partial charge in [-0.1, -0.05) is 0 Å². The second-order valence-corrected chi connectivity index (χ2v) is 4.97. The number of carbonyl (C=O) groups excluding carboxylic acids is 1. The number of methoxy groups -OCH3 is 4. The van der Waals surface area contributed by atoms with Gasteiger partial charge in [0.15, 0.2) is 11.5 Å². The molecule has 1 heterocycles. The van der Waals surface area contributed by atoms with Gasteiger partial charge in [0.05, 0.1) is 34.0 Å². The van der Waals surface area contributed by atoms with E-state index in [0.29, 0.717) is 33.4 Å². The van der Waals surface area contributed by atoms with E-state index in [4.69, 9.17) is 18.9 Å². The van der Waals surface area contributed by atoms with Crippen LogP contribution in [0.5, 0.6) is 23.0 Å². The molecule has 1 aromatic heterocycles. The molecule has 0 aliphatic rings. The molecule has 0 atom stereocenters. The Bertz CT molecular complexity index is 648. The van der Waals surface area contributed by atoms with Gasteiger partial charge in [0, 0.05) is 6.07 Å². The van der Waals surface area contributed by atoms with Gasteiger partial charge in [0.25, 0.3) is 0 Å². The highest BCUT2D eigenvalue weighted by Gasteiger charge is 2.22. The number of carbonyl (C=O) groups is 1. The van der Waals surface area contributed by atoms with Crippen LogP contribution in [-0.2, 0) is 0 Å². The van der Waals surface area contributed by atoms with Gasteiger partial charge in [-0.3, -0.25) is 4.79 Å². The zero-order valence-electron chi connectivity index (χ0n) is 12.3. The lowest BCUT2D eigenvalue weighted by Gasteiger charge is -2.13. The van der Waals surface area contributed by atoms with Gasteiger partial charge in [-0.05, 0) is 17.5 Å². The van der Waals surface area contributed by atoms with Crippen LogP contribution in [0.1, 0.15) is 15.2 Å². The van der Waals surface area contributed by atoms with E-state index >= 15 is 0 Å². The molecule has 0 aliphatic heterocycles. The smallest absolute Gasteiger partial charge is 0.210 e. The predicted octanol–water partition coefficient (Wildman–Crippen LogP) is 3.01. The molecule has 0 aliphatic carbocycles. The van der Waals surface area contributed by atoms with E-state index in [1.54, 1.807) is 23.6 Å². The Balaban J connectivity index is 2.54. The summed E-state index contributed by atoms with van der Waals surface area (Å²) >= 11 is 1.32. The summed E-state index contributed by atoms with van der Waals surface area (Å²) in [4.78, 5) is 13.2. The van der Waals surface area contributed by atoms with Crippen molar-refractivity contribution < 1.29 is 23.7 Å². The van der Waals surface area contributed by atoms with Gasteiger partial charge < -0.3 is 18.9 Å². The summed E-state index contributed by atoms with van der Waals surface area (Å²) in [5.74, 6) is 1.76. The quantitative estimate of drug-likeness (QED) is 0.768. The van der Waals surface area contributed by atoms with E-state index < -0.39 is 0 Å². The number of benzene rings is 1. The van der Waals surface area contributed by atoms with Gasteiger partial charge >= 0.3 is 0 Å². The maximum atomic E-state index is 12.7. The van der Waals surface area contributed by atoms with Gasteiger partial charge in [-0.2, -0.15) is 0 Å². The van der Waals surface area contributed by atoms with Crippen LogP contribution in [0.15, 0.2) is 23.6 Å². The molecule has 2 rings (SSSR count). The molecular weight excluding hydrogens is 292 g/mol. The van der Waals surface area contributed by atoms with Crippen LogP contribution >= 0.6 is 11.3 Å². The number of thiophene rings is 1. The maximum Gasteiger partial charge on any atom is 0.210 e. The minimum atomic E-state index is -0.181. The molecule has 0 fully saturated rings. The third-order valence-electron chi connectivity index (χ3n) is 3.01. The van der Waals surface area contributed by atoms with Gasteiger partial charge in [-0.25, -0.2) is 0 Å².